The number of benzene rings is 2. The number of aromatic nitrogens is 1. The molecule has 0 spiro atoms. The van der Waals surface area contributed by atoms with Gasteiger partial charge in [0.15, 0.2) is 10.9 Å². The summed E-state index contributed by atoms with van der Waals surface area (Å²) < 4.78 is 1.80. The summed E-state index contributed by atoms with van der Waals surface area (Å²) in [5.74, 6) is -2.09. The lowest BCUT2D eigenvalue weighted by atomic mass is 9.66. The molecule has 2 aliphatic rings. The standard InChI is InChI=1S/C26H22BrClN4O4S/c1-12-21(24(34)31-25-30-16-7-5-14(27)9-20(16)37-25)22(13-4-6-15(28)18(8-13)32(35)36)23-17(29-12)10-26(2,3)11-19(23)33/h4-9,21-22H,10-11H2,1-3H3,(H,30,31,34)/t21?,22-/m0/s1. The molecule has 1 amide bonds. The van der Waals surface area contributed by atoms with Gasteiger partial charge in [-0.3, -0.25) is 24.7 Å². The summed E-state index contributed by atoms with van der Waals surface area (Å²) in [6, 6.07) is 10.1. The number of nitrogens with zero attached hydrogens (tertiary/aromatic N) is 3. The molecular formula is C26H22BrClN4O4S. The summed E-state index contributed by atoms with van der Waals surface area (Å²) in [5.41, 5.74) is 2.27. The lowest BCUT2D eigenvalue weighted by Crippen LogP contribution is -2.41. The Bertz CT molecular complexity index is 1560. The number of thiazole rings is 1. The molecule has 1 N–H and O–H groups in total. The van der Waals surface area contributed by atoms with Gasteiger partial charge in [-0.2, -0.15) is 0 Å². The fraction of sp³-hybridized carbons (Fsp3) is 0.308. The van der Waals surface area contributed by atoms with Crippen LogP contribution in [0.4, 0.5) is 10.8 Å². The molecule has 2 atom stereocenters. The minimum Gasteiger partial charge on any atom is -0.301 e. The SMILES string of the molecule is CC1=NC2=C(C(=O)CC(C)(C)C2)[C@@H](c2ccc(Cl)c([N+](=O)[O-])c2)C1C(=O)Nc1nc2ccc(Br)cc2s1. The predicted molar refractivity (Wildman–Crippen MR) is 148 cm³/mol. The number of hydrogen-bond acceptors (Lipinski definition) is 7. The molecule has 0 fully saturated rings. The lowest BCUT2D eigenvalue weighted by Gasteiger charge is -2.39. The molecule has 1 aromatic heterocycles. The van der Waals surface area contributed by atoms with Crippen LogP contribution in [-0.2, 0) is 9.59 Å². The highest BCUT2D eigenvalue weighted by Gasteiger charge is 2.46. The van der Waals surface area contributed by atoms with Crippen molar-refractivity contribution >= 4 is 77.3 Å². The quantitative estimate of drug-likeness (QED) is 0.254. The van der Waals surface area contributed by atoms with E-state index in [1.54, 1.807) is 13.0 Å². The van der Waals surface area contributed by atoms with Crippen LogP contribution >= 0.6 is 38.9 Å². The maximum Gasteiger partial charge on any atom is 0.288 e. The van der Waals surface area contributed by atoms with E-state index in [4.69, 9.17) is 16.6 Å². The molecule has 8 nitrogen and oxygen atoms in total. The van der Waals surface area contributed by atoms with Gasteiger partial charge >= 0.3 is 0 Å². The maximum absolute atomic E-state index is 13.8. The average Bonchev–Trinajstić information content (AvgIpc) is 3.18. The number of amides is 1. The van der Waals surface area contributed by atoms with E-state index in [-0.39, 0.29) is 27.8 Å². The Balaban J connectivity index is 1.60. The van der Waals surface area contributed by atoms with Crippen molar-refractivity contribution in [2.75, 3.05) is 5.32 Å². The zero-order valence-corrected chi connectivity index (χ0v) is 23.3. The highest BCUT2D eigenvalue weighted by Crippen LogP contribution is 2.48. The Morgan fingerprint density at radius 1 is 1.24 bits per heavy atom. The molecule has 0 bridgehead atoms. The third-order valence-corrected chi connectivity index (χ3v) is 8.44. The van der Waals surface area contributed by atoms with Gasteiger partial charge in [0.05, 0.1) is 21.1 Å². The minimum atomic E-state index is -0.858. The number of fused-ring (bicyclic) bond motifs is 1. The first-order valence-electron chi connectivity index (χ1n) is 11.6. The van der Waals surface area contributed by atoms with Gasteiger partial charge in [-0.15, -0.1) is 0 Å². The number of aliphatic imine (C=N–C) groups is 1. The summed E-state index contributed by atoms with van der Waals surface area (Å²) in [6.07, 6.45) is 0.867. The number of Topliss-reactive ketones (excluding diaryl/α,β-unsaturated/α-hetero) is 1. The van der Waals surface area contributed by atoms with Gasteiger partial charge in [0.1, 0.15) is 5.02 Å². The summed E-state index contributed by atoms with van der Waals surface area (Å²) in [7, 11) is 0. The zero-order valence-electron chi connectivity index (χ0n) is 20.2. The molecule has 1 unspecified atom stereocenters. The number of nitro groups is 1. The zero-order chi connectivity index (χ0) is 26.6. The Hall–Kier alpha value is -2.95. The maximum atomic E-state index is 13.8. The van der Waals surface area contributed by atoms with E-state index < -0.39 is 16.8 Å². The van der Waals surface area contributed by atoms with Gasteiger partial charge < -0.3 is 5.32 Å². The molecule has 2 heterocycles. The van der Waals surface area contributed by atoms with Gasteiger partial charge in [-0.05, 0) is 48.6 Å². The van der Waals surface area contributed by atoms with Crippen LogP contribution in [0.5, 0.6) is 0 Å². The third-order valence-electron chi connectivity index (χ3n) is 6.69. The molecule has 3 aromatic rings. The Kier molecular flexibility index (Phi) is 6.54. The molecule has 190 valence electrons. The number of ketones is 1. The number of carbonyl (C=O) groups is 2. The van der Waals surface area contributed by atoms with E-state index in [0.717, 1.165) is 14.7 Å². The monoisotopic (exact) mass is 600 g/mol. The fourth-order valence-electron chi connectivity index (χ4n) is 5.14. The highest BCUT2D eigenvalue weighted by atomic mass is 79.9. The van der Waals surface area contributed by atoms with Gasteiger partial charge in [0.25, 0.3) is 5.69 Å². The molecule has 5 rings (SSSR count). The Morgan fingerprint density at radius 3 is 2.73 bits per heavy atom. The molecule has 0 saturated heterocycles. The van der Waals surface area contributed by atoms with Crippen LogP contribution in [0.2, 0.25) is 5.02 Å². The van der Waals surface area contributed by atoms with Crippen LogP contribution in [0.1, 0.15) is 45.1 Å². The number of nitrogens with one attached hydrogen (secondary N) is 1. The van der Waals surface area contributed by atoms with E-state index in [1.165, 1.54) is 23.5 Å². The first-order chi connectivity index (χ1) is 17.4. The molecule has 0 radical (unpaired) electrons. The van der Waals surface area contributed by atoms with E-state index >= 15 is 0 Å². The van der Waals surface area contributed by atoms with E-state index in [9.17, 15) is 19.7 Å². The van der Waals surface area contributed by atoms with Crippen LogP contribution in [0.25, 0.3) is 10.2 Å². The van der Waals surface area contributed by atoms with Crippen LogP contribution < -0.4 is 5.32 Å². The number of nitro benzene ring substituents is 1. The summed E-state index contributed by atoms with van der Waals surface area (Å²) in [4.78, 5) is 47.6. The number of hydrogen-bond donors (Lipinski definition) is 1. The molecule has 1 aliphatic heterocycles. The average molecular weight is 602 g/mol. The van der Waals surface area contributed by atoms with Crippen molar-refractivity contribution < 1.29 is 14.5 Å². The third kappa shape index (κ3) is 4.85. The summed E-state index contributed by atoms with van der Waals surface area (Å²) >= 11 is 10.9. The van der Waals surface area contributed by atoms with Crippen molar-refractivity contribution in [1.29, 1.82) is 0 Å². The van der Waals surface area contributed by atoms with Crippen molar-refractivity contribution in [3.63, 3.8) is 0 Å². The van der Waals surface area contributed by atoms with Gasteiger partial charge in [0, 0.05) is 39.9 Å². The number of halogens is 2. The number of anilines is 1. The van der Waals surface area contributed by atoms with Crippen molar-refractivity contribution in [2.45, 2.75) is 39.5 Å². The molecule has 37 heavy (non-hydrogen) atoms. The predicted octanol–water partition coefficient (Wildman–Crippen LogP) is 7.08. The van der Waals surface area contributed by atoms with Crippen molar-refractivity contribution in [2.24, 2.45) is 16.3 Å². The topological polar surface area (TPSA) is 115 Å². The smallest absolute Gasteiger partial charge is 0.288 e. The largest absolute Gasteiger partial charge is 0.301 e. The second kappa shape index (κ2) is 9.41. The van der Waals surface area contributed by atoms with Gasteiger partial charge in [0.2, 0.25) is 5.91 Å². The molecule has 11 heteroatoms. The molecular weight excluding hydrogens is 580 g/mol. The van der Waals surface area contributed by atoms with Gasteiger partial charge in [-0.1, -0.05) is 58.8 Å². The summed E-state index contributed by atoms with van der Waals surface area (Å²) in [6.45, 7) is 5.77. The van der Waals surface area contributed by atoms with Crippen molar-refractivity contribution in [3.05, 3.63) is 72.8 Å². The van der Waals surface area contributed by atoms with Gasteiger partial charge in [-0.25, -0.2) is 4.98 Å². The lowest BCUT2D eigenvalue weighted by molar-refractivity contribution is -0.384. The van der Waals surface area contributed by atoms with Crippen molar-refractivity contribution in [1.82, 2.24) is 4.98 Å². The number of carbonyl (C=O) groups excluding carboxylic acids is 2. The summed E-state index contributed by atoms with van der Waals surface area (Å²) in [5, 5.41) is 15.0. The molecule has 0 saturated carbocycles. The fourth-order valence-corrected chi connectivity index (χ4v) is 6.75. The van der Waals surface area contributed by atoms with E-state index in [1.807, 2.05) is 32.0 Å². The van der Waals surface area contributed by atoms with Crippen LogP contribution in [0.15, 0.2) is 57.1 Å². The van der Waals surface area contributed by atoms with E-state index in [2.05, 4.69) is 26.2 Å². The Morgan fingerprint density at radius 2 is 2.00 bits per heavy atom. The number of rotatable bonds is 4. The van der Waals surface area contributed by atoms with E-state index in [0.29, 0.717) is 40.5 Å². The number of allylic oxidation sites excluding steroid dienone is 2. The normalized spacial score (nSPS) is 21.0. The first-order valence-corrected chi connectivity index (χ1v) is 13.5. The molecule has 2 aromatic carbocycles. The van der Waals surface area contributed by atoms with Crippen molar-refractivity contribution in [3.8, 4) is 0 Å². The highest BCUT2D eigenvalue weighted by molar-refractivity contribution is 9.10. The first kappa shape index (κ1) is 25.7. The van der Waals surface area contributed by atoms with Crippen LogP contribution in [0, 0.1) is 21.4 Å². The second-order valence-electron chi connectivity index (χ2n) is 10.1. The van der Waals surface area contributed by atoms with Crippen LogP contribution in [-0.4, -0.2) is 27.3 Å². The molecule has 1 aliphatic carbocycles. The Labute approximate surface area is 230 Å². The van der Waals surface area contributed by atoms with Crippen LogP contribution in [0.3, 0.4) is 0 Å². The second-order valence-corrected chi connectivity index (χ2v) is 12.5. The minimum absolute atomic E-state index is 0.0121.